The van der Waals surface area contributed by atoms with E-state index in [9.17, 15) is 14.7 Å². The van der Waals surface area contributed by atoms with Crippen LogP contribution in [0, 0.1) is 12.3 Å². The van der Waals surface area contributed by atoms with E-state index in [0.29, 0.717) is 18.1 Å². The van der Waals surface area contributed by atoms with Crippen molar-refractivity contribution in [2.45, 2.75) is 33.7 Å². The quantitative estimate of drug-likeness (QED) is 0.901. The first-order chi connectivity index (χ1) is 10.7. The summed E-state index contributed by atoms with van der Waals surface area (Å²) >= 11 is 0. The maximum Gasteiger partial charge on any atom is 0.290 e. The van der Waals surface area contributed by atoms with Crippen molar-refractivity contribution in [1.82, 2.24) is 4.90 Å². The van der Waals surface area contributed by atoms with E-state index in [1.54, 1.807) is 39.8 Å². The molecule has 0 saturated heterocycles. The molecule has 1 aliphatic heterocycles. The molecule has 126 valence electrons. The van der Waals surface area contributed by atoms with Crippen LogP contribution in [0.3, 0.4) is 0 Å². The lowest BCUT2D eigenvalue weighted by molar-refractivity contribution is -0.130. The minimum Gasteiger partial charge on any atom is -0.503 e. The summed E-state index contributed by atoms with van der Waals surface area (Å²) in [6.45, 7) is 7.60. The maximum atomic E-state index is 12.8. The number of amides is 1. The average molecular weight is 321 g/mol. The third-order valence-electron chi connectivity index (χ3n) is 3.80. The predicted molar refractivity (Wildman–Crippen MR) is 83.9 cm³/mol. The molecule has 0 bridgehead atoms. The molecular formula is C17H23NO5. The van der Waals surface area contributed by atoms with Gasteiger partial charge in [-0.2, -0.15) is 0 Å². The Bertz CT molecular complexity index is 650. The van der Waals surface area contributed by atoms with Crippen molar-refractivity contribution in [3.05, 3.63) is 35.0 Å². The van der Waals surface area contributed by atoms with Crippen LogP contribution in [-0.4, -0.2) is 42.0 Å². The molecule has 23 heavy (non-hydrogen) atoms. The molecule has 6 heteroatoms. The molecule has 0 aliphatic carbocycles. The van der Waals surface area contributed by atoms with Crippen molar-refractivity contribution in [3.8, 4) is 0 Å². The van der Waals surface area contributed by atoms with Crippen LogP contribution in [-0.2, 0) is 14.3 Å². The molecule has 1 atom stereocenters. The molecule has 2 heterocycles. The smallest absolute Gasteiger partial charge is 0.290 e. The molecular weight excluding hydrogens is 298 g/mol. The van der Waals surface area contributed by atoms with Crippen LogP contribution >= 0.6 is 0 Å². The first-order valence-electron chi connectivity index (χ1n) is 7.52. The second-order valence-electron chi connectivity index (χ2n) is 6.68. The lowest BCUT2D eigenvalue weighted by Crippen LogP contribution is -2.34. The molecule has 0 spiro atoms. The molecule has 0 fully saturated rings. The van der Waals surface area contributed by atoms with E-state index in [4.69, 9.17) is 9.15 Å². The second kappa shape index (κ2) is 6.20. The number of aryl methyl sites for hydroxylation is 1. The number of aliphatic hydroxyl groups excluding tert-OH is 1. The zero-order chi connectivity index (χ0) is 17.4. The number of aliphatic hydroxyl groups is 1. The molecule has 1 N–H and O–H groups in total. The number of ether oxygens (including phenoxy) is 1. The zero-order valence-corrected chi connectivity index (χ0v) is 14.2. The first kappa shape index (κ1) is 17.3. The predicted octanol–water partition coefficient (Wildman–Crippen LogP) is 2.55. The summed E-state index contributed by atoms with van der Waals surface area (Å²) in [7, 11) is 1.53. The maximum absolute atomic E-state index is 12.8. The van der Waals surface area contributed by atoms with E-state index >= 15 is 0 Å². The van der Waals surface area contributed by atoms with Crippen LogP contribution < -0.4 is 0 Å². The summed E-state index contributed by atoms with van der Waals surface area (Å²) in [5.74, 6) is -0.215. The van der Waals surface area contributed by atoms with Gasteiger partial charge in [0.1, 0.15) is 17.6 Å². The van der Waals surface area contributed by atoms with Crippen LogP contribution in [0.4, 0.5) is 0 Å². The van der Waals surface area contributed by atoms with Crippen molar-refractivity contribution in [2.75, 3.05) is 20.3 Å². The second-order valence-corrected chi connectivity index (χ2v) is 6.68. The summed E-state index contributed by atoms with van der Waals surface area (Å²) in [5.41, 5.74) is -0.631. The third-order valence-corrected chi connectivity index (χ3v) is 3.80. The van der Waals surface area contributed by atoms with E-state index in [1.807, 2.05) is 0 Å². The van der Waals surface area contributed by atoms with Gasteiger partial charge >= 0.3 is 0 Å². The van der Waals surface area contributed by atoms with Gasteiger partial charge in [-0.3, -0.25) is 9.59 Å². The van der Waals surface area contributed by atoms with Gasteiger partial charge in [-0.1, -0.05) is 20.8 Å². The van der Waals surface area contributed by atoms with Gasteiger partial charge in [-0.25, -0.2) is 0 Å². The molecule has 1 aromatic rings. The van der Waals surface area contributed by atoms with Crippen molar-refractivity contribution in [1.29, 1.82) is 0 Å². The third kappa shape index (κ3) is 3.17. The van der Waals surface area contributed by atoms with Crippen molar-refractivity contribution in [3.63, 3.8) is 0 Å². The van der Waals surface area contributed by atoms with Gasteiger partial charge in [-0.05, 0) is 19.1 Å². The Kier molecular flexibility index (Phi) is 4.66. The minimum atomic E-state index is -0.724. The van der Waals surface area contributed by atoms with E-state index in [2.05, 4.69) is 0 Å². The lowest BCUT2D eigenvalue weighted by Gasteiger charge is -2.26. The number of hydrogen-bond donors (Lipinski definition) is 1. The Labute approximate surface area is 135 Å². The van der Waals surface area contributed by atoms with E-state index in [1.165, 1.54) is 12.0 Å². The number of furan rings is 1. The highest BCUT2D eigenvalue weighted by Crippen LogP contribution is 2.41. The molecule has 2 rings (SSSR count). The summed E-state index contributed by atoms with van der Waals surface area (Å²) < 4.78 is 10.7. The minimum absolute atomic E-state index is 0.0907. The number of carbonyl (C=O) groups is 2. The van der Waals surface area contributed by atoms with Crippen LogP contribution in [0.2, 0.25) is 0 Å². The fourth-order valence-electron chi connectivity index (χ4n) is 2.61. The largest absolute Gasteiger partial charge is 0.503 e. The summed E-state index contributed by atoms with van der Waals surface area (Å²) in [6, 6.07) is 2.77. The summed E-state index contributed by atoms with van der Waals surface area (Å²) in [4.78, 5) is 26.6. The Morgan fingerprint density at radius 3 is 2.52 bits per heavy atom. The van der Waals surface area contributed by atoms with Gasteiger partial charge in [0.15, 0.2) is 11.5 Å². The molecule has 0 saturated carbocycles. The Hall–Kier alpha value is -2.08. The van der Waals surface area contributed by atoms with Gasteiger partial charge in [0.05, 0.1) is 12.2 Å². The Balaban J connectivity index is 2.51. The highest BCUT2D eigenvalue weighted by molar-refractivity contribution is 6.10. The number of hydrogen-bond acceptors (Lipinski definition) is 5. The van der Waals surface area contributed by atoms with Crippen molar-refractivity contribution >= 4 is 11.7 Å². The molecule has 1 unspecified atom stereocenters. The molecule has 1 aliphatic rings. The molecule has 0 aromatic carbocycles. The van der Waals surface area contributed by atoms with E-state index in [-0.39, 0.29) is 17.9 Å². The SMILES string of the molecule is COCCN1C(=O)C(O)=C(C(=O)C(C)(C)C)C1c1ccc(C)o1. The zero-order valence-electron chi connectivity index (χ0n) is 14.2. The number of methoxy groups -OCH3 is 1. The Morgan fingerprint density at radius 2 is 2.04 bits per heavy atom. The molecule has 1 amide bonds. The monoisotopic (exact) mass is 321 g/mol. The van der Waals surface area contributed by atoms with E-state index < -0.39 is 23.1 Å². The number of carbonyl (C=O) groups excluding carboxylic acids is 2. The van der Waals surface area contributed by atoms with Gasteiger partial charge in [0.25, 0.3) is 5.91 Å². The van der Waals surface area contributed by atoms with E-state index in [0.717, 1.165) is 0 Å². The van der Waals surface area contributed by atoms with Crippen LogP contribution in [0.1, 0.15) is 38.3 Å². The van der Waals surface area contributed by atoms with Gasteiger partial charge in [0.2, 0.25) is 0 Å². The Morgan fingerprint density at radius 1 is 1.39 bits per heavy atom. The van der Waals surface area contributed by atoms with Crippen LogP contribution in [0.25, 0.3) is 0 Å². The highest BCUT2D eigenvalue weighted by atomic mass is 16.5. The molecule has 1 aromatic heterocycles. The van der Waals surface area contributed by atoms with Crippen LogP contribution in [0.5, 0.6) is 0 Å². The van der Waals surface area contributed by atoms with Crippen LogP contribution in [0.15, 0.2) is 27.9 Å². The first-order valence-corrected chi connectivity index (χ1v) is 7.52. The standard InChI is InChI=1S/C17H23NO5/c1-10-6-7-11(23-10)13-12(15(20)17(2,3)4)14(19)16(21)18(13)8-9-22-5/h6-7,13,19H,8-9H2,1-5H3. The molecule has 6 nitrogen and oxygen atoms in total. The van der Waals surface area contributed by atoms with Gasteiger partial charge < -0.3 is 19.2 Å². The fraction of sp³-hybridized carbons (Fsp3) is 0.529. The summed E-state index contributed by atoms with van der Waals surface area (Å²) in [6.07, 6.45) is 0. The number of nitrogens with zero attached hydrogens (tertiary/aromatic N) is 1. The topological polar surface area (TPSA) is 80.0 Å². The van der Waals surface area contributed by atoms with Crippen molar-refractivity contribution in [2.24, 2.45) is 5.41 Å². The number of ketones is 1. The molecule has 0 radical (unpaired) electrons. The number of Topliss-reactive ketones (excluding diaryl/α,β-unsaturated/α-hetero) is 1. The van der Waals surface area contributed by atoms with Crippen molar-refractivity contribution < 1.29 is 23.8 Å². The average Bonchev–Trinajstić information content (AvgIpc) is 2.99. The normalized spacial score (nSPS) is 18.9. The summed E-state index contributed by atoms with van der Waals surface area (Å²) in [5, 5.41) is 10.3. The fourth-order valence-corrected chi connectivity index (χ4v) is 2.61. The highest BCUT2D eigenvalue weighted by Gasteiger charge is 2.47. The lowest BCUT2D eigenvalue weighted by atomic mass is 9.83. The van der Waals surface area contributed by atoms with Gasteiger partial charge in [0, 0.05) is 19.1 Å². The number of rotatable bonds is 5. The van der Waals surface area contributed by atoms with Gasteiger partial charge in [-0.15, -0.1) is 0 Å².